The van der Waals surface area contributed by atoms with Crippen molar-refractivity contribution in [2.24, 2.45) is 0 Å². The van der Waals surface area contributed by atoms with Crippen molar-refractivity contribution < 1.29 is 0 Å². The van der Waals surface area contributed by atoms with Crippen LogP contribution in [0, 0.1) is 0 Å². The Bertz CT molecular complexity index is 2910. The Labute approximate surface area is 315 Å². The zero-order chi connectivity index (χ0) is 35.8. The average molecular weight is 689 g/mol. The van der Waals surface area contributed by atoms with Gasteiger partial charge in [0.1, 0.15) is 0 Å². The first-order chi connectivity index (χ1) is 26.8. The van der Waals surface area contributed by atoms with Crippen LogP contribution in [-0.2, 0) is 0 Å². The van der Waals surface area contributed by atoms with Gasteiger partial charge >= 0.3 is 0 Å². The molecule has 10 rings (SSSR count). The maximum absolute atomic E-state index is 2.44. The van der Waals surface area contributed by atoms with E-state index in [1.54, 1.807) is 0 Å². The van der Waals surface area contributed by atoms with Crippen LogP contribution in [0.5, 0.6) is 0 Å². The minimum Gasteiger partial charge on any atom is -0.310 e. The van der Waals surface area contributed by atoms with Crippen molar-refractivity contribution in [1.29, 1.82) is 0 Å². The molecule has 0 saturated heterocycles. The standard InChI is InChI=1S/C52H36N2/c1-4-15-37(16-5-1)39-29-31-44(32-30-39)53(43-21-8-3-9-22-43)50-25-14-26-51-52(50)47-23-12-13-24-49(47)54(51)45-33-34-46(48(36-45)40-18-6-2-7-19-40)42-28-27-38-17-10-11-20-41(38)35-42/h1-36H. The van der Waals surface area contributed by atoms with E-state index in [4.69, 9.17) is 0 Å². The molecule has 0 N–H and O–H groups in total. The van der Waals surface area contributed by atoms with E-state index in [0.29, 0.717) is 0 Å². The maximum Gasteiger partial charge on any atom is 0.0562 e. The molecule has 0 atom stereocenters. The third kappa shape index (κ3) is 5.53. The van der Waals surface area contributed by atoms with Gasteiger partial charge in [-0.3, -0.25) is 0 Å². The van der Waals surface area contributed by atoms with Gasteiger partial charge in [0.25, 0.3) is 0 Å². The SMILES string of the molecule is c1ccc(-c2ccc(N(c3ccccc3)c3cccc4c3c3ccccc3n4-c3ccc(-c4ccc5ccccc5c4)c(-c4ccccc4)c3)cc2)cc1. The highest BCUT2D eigenvalue weighted by molar-refractivity contribution is 6.16. The summed E-state index contributed by atoms with van der Waals surface area (Å²) in [5.74, 6) is 0. The van der Waals surface area contributed by atoms with Gasteiger partial charge in [0, 0.05) is 27.8 Å². The summed E-state index contributed by atoms with van der Waals surface area (Å²) in [6, 6.07) is 78.9. The van der Waals surface area contributed by atoms with Gasteiger partial charge in [-0.25, -0.2) is 0 Å². The van der Waals surface area contributed by atoms with Crippen molar-refractivity contribution in [3.05, 3.63) is 218 Å². The lowest BCUT2D eigenvalue weighted by Gasteiger charge is -2.26. The number of anilines is 3. The lowest BCUT2D eigenvalue weighted by molar-refractivity contribution is 1.18. The van der Waals surface area contributed by atoms with Crippen LogP contribution in [0.15, 0.2) is 218 Å². The summed E-state index contributed by atoms with van der Waals surface area (Å²) >= 11 is 0. The van der Waals surface area contributed by atoms with Crippen LogP contribution in [0.25, 0.3) is 71.6 Å². The third-order valence-electron chi connectivity index (χ3n) is 10.6. The topological polar surface area (TPSA) is 8.17 Å². The summed E-state index contributed by atoms with van der Waals surface area (Å²) in [6.45, 7) is 0. The molecule has 10 aromatic rings. The van der Waals surface area contributed by atoms with Gasteiger partial charge in [-0.15, -0.1) is 0 Å². The van der Waals surface area contributed by atoms with Crippen molar-refractivity contribution in [3.63, 3.8) is 0 Å². The van der Waals surface area contributed by atoms with E-state index >= 15 is 0 Å². The molecule has 54 heavy (non-hydrogen) atoms. The molecule has 1 heterocycles. The van der Waals surface area contributed by atoms with Crippen LogP contribution in [-0.4, -0.2) is 4.57 Å². The van der Waals surface area contributed by atoms with E-state index in [-0.39, 0.29) is 0 Å². The Morgan fingerprint density at radius 2 is 0.926 bits per heavy atom. The molecule has 0 bridgehead atoms. The fourth-order valence-electron chi connectivity index (χ4n) is 8.04. The first-order valence-corrected chi connectivity index (χ1v) is 18.5. The van der Waals surface area contributed by atoms with Gasteiger partial charge in [-0.05, 0) is 105 Å². The van der Waals surface area contributed by atoms with E-state index in [2.05, 4.69) is 228 Å². The largest absolute Gasteiger partial charge is 0.310 e. The summed E-state index contributed by atoms with van der Waals surface area (Å²) in [5, 5.41) is 4.91. The molecule has 254 valence electrons. The highest BCUT2D eigenvalue weighted by Crippen LogP contribution is 2.45. The number of nitrogens with zero attached hydrogens (tertiary/aromatic N) is 2. The summed E-state index contributed by atoms with van der Waals surface area (Å²) in [6.07, 6.45) is 0. The van der Waals surface area contributed by atoms with Gasteiger partial charge in [0.05, 0.1) is 16.7 Å². The second-order valence-corrected chi connectivity index (χ2v) is 13.8. The molecule has 0 aliphatic carbocycles. The van der Waals surface area contributed by atoms with E-state index in [1.165, 1.54) is 60.4 Å². The lowest BCUT2D eigenvalue weighted by atomic mass is 9.92. The first kappa shape index (κ1) is 31.6. The van der Waals surface area contributed by atoms with Gasteiger partial charge < -0.3 is 9.47 Å². The number of hydrogen-bond donors (Lipinski definition) is 0. The van der Waals surface area contributed by atoms with Crippen LogP contribution in [0.4, 0.5) is 17.1 Å². The fourth-order valence-corrected chi connectivity index (χ4v) is 8.04. The molecule has 2 heteroatoms. The molecular formula is C52H36N2. The van der Waals surface area contributed by atoms with E-state index in [0.717, 1.165) is 28.3 Å². The monoisotopic (exact) mass is 688 g/mol. The Hall–Kier alpha value is -7.16. The summed E-state index contributed by atoms with van der Waals surface area (Å²) in [4.78, 5) is 2.39. The van der Waals surface area contributed by atoms with Crippen LogP contribution in [0.1, 0.15) is 0 Å². The van der Waals surface area contributed by atoms with Crippen LogP contribution in [0.3, 0.4) is 0 Å². The minimum absolute atomic E-state index is 1.11. The molecule has 9 aromatic carbocycles. The Balaban J connectivity index is 1.18. The average Bonchev–Trinajstić information content (AvgIpc) is 3.60. The minimum atomic E-state index is 1.11. The quantitative estimate of drug-likeness (QED) is 0.162. The first-order valence-electron chi connectivity index (χ1n) is 18.5. The number of benzene rings is 9. The fraction of sp³-hybridized carbons (Fsp3) is 0. The molecular weight excluding hydrogens is 653 g/mol. The predicted octanol–water partition coefficient (Wildman–Crippen LogP) is 14.4. The number of para-hydroxylation sites is 2. The number of fused-ring (bicyclic) bond motifs is 4. The van der Waals surface area contributed by atoms with E-state index < -0.39 is 0 Å². The Morgan fingerprint density at radius 1 is 0.333 bits per heavy atom. The zero-order valence-corrected chi connectivity index (χ0v) is 29.7. The van der Waals surface area contributed by atoms with Crippen molar-refractivity contribution in [1.82, 2.24) is 4.57 Å². The molecule has 0 aliphatic heterocycles. The van der Waals surface area contributed by atoms with Crippen molar-refractivity contribution >= 4 is 49.6 Å². The maximum atomic E-state index is 2.44. The molecule has 0 saturated carbocycles. The molecule has 0 amide bonds. The summed E-state index contributed by atoms with van der Waals surface area (Å²) in [7, 11) is 0. The Morgan fingerprint density at radius 3 is 1.70 bits per heavy atom. The van der Waals surface area contributed by atoms with Crippen LogP contribution < -0.4 is 4.90 Å². The number of aromatic nitrogens is 1. The molecule has 2 nitrogen and oxygen atoms in total. The van der Waals surface area contributed by atoms with Crippen LogP contribution >= 0.6 is 0 Å². The molecule has 0 unspecified atom stereocenters. The van der Waals surface area contributed by atoms with Gasteiger partial charge in [-0.1, -0.05) is 158 Å². The smallest absolute Gasteiger partial charge is 0.0562 e. The summed E-state index contributed by atoms with van der Waals surface area (Å²) in [5.41, 5.74) is 14.0. The van der Waals surface area contributed by atoms with Gasteiger partial charge in [0.15, 0.2) is 0 Å². The second-order valence-electron chi connectivity index (χ2n) is 13.8. The number of rotatable bonds is 7. The summed E-state index contributed by atoms with van der Waals surface area (Å²) < 4.78 is 2.44. The highest BCUT2D eigenvalue weighted by Gasteiger charge is 2.21. The van der Waals surface area contributed by atoms with Gasteiger partial charge in [-0.2, -0.15) is 0 Å². The van der Waals surface area contributed by atoms with E-state index in [9.17, 15) is 0 Å². The molecule has 1 aromatic heterocycles. The molecule has 0 fully saturated rings. The zero-order valence-electron chi connectivity index (χ0n) is 29.7. The third-order valence-corrected chi connectivity index (χ3v) is 10.6. The van der Waals surface area contributed by atoms with Crippen molar-refractivity contribution in [2.75, 3.05) is 4.90 Å². The van der Waals surface area contributed by atoms with Crippen molar-refractivity contribution in [3.8, 4) is 39.1 Å². The normalized spacial score (nSPS) is 11.3. The van der Waals surface area contributed by atoms with Crippen molar-refractivity contribution in [2.45, 2.75) is 0 Å². The van der Waals surface area contributed by atoms with Gasteiger partial charge in [0.2, 0.25) is 0 Å². The second kappa shape index (κ2) is 13.4. The molecule has 0 spiro atoms. The number of hydrogen-bond acceptors (Lipinski definition) is 1. The highest BCUT2D eigenvalue weighted by atomic mass is 15.1. The van der Waals surface area contributed by atoms with Crippen LogP contribution in [0.2, 0.25) is 0 Å². The molecule has 0 aliphatic rings. The Kier molecular flexibility index (Phi) is 7.85. The molecule has 0 radical (unpaired) electrons. The van der Waals surface area contributed by atoms with E-state index in [1.807, 2.05) is 0 Å². The lowest BCUT2D eigenvalue weighted by Crippen LogP contribution is -2.10. The predicted molar refractivity (Wildman–Crippen MR) is 229 cm³/mol.